The highest BCUT2D eigenvalue weighted by molar-refractivity contribution is 5.94. The number of benzene rings is 1. The van der Waals surface area contributed by atoms with Crippen LogP contribution >= 0.6 is 0 Å². The lowest BCUT2D eigenvalue weighted by Gasteiger charge is -2.54. The van der Waals surface area contributed by atoms with Gasteiger partial charge in [0.05, 0.1) is 0 Å². The Kier molecular flexibility index (Phi) is 4.02. The predicted molar refractivity (Wildman–Crippen MR) is 85.2 cm³/mol. The van der Waals surface area contributed by atoms with E-state index in [9.17, 15) is 9.90 Å². The van der Waals surface area contributed by atoms with Crippen molar-refractivity contribution in [2.75, 3.05) is 11.4 Å². The third kappa shape index (κ3) is 3.05. The number of hydrogen-bond acceptors (Lipinski definition) is 2. The summed E-state index contributed by atoms with van der Waals surface area (Å²) in [7, 11) is 0. The van der Waals surface area contributed by atoms with Crippen molar-refractivity contribution in [2.45, 2.75) is 52.3 Å². The third-order valence-corrected chi connectivity index (χ3v) is 3.96. The molecule has 0 aliphatic carbocycles. The van der Waals surface area contributed by atoms with E-state index in [0.29, 0.717) is 18.9 Å². The molecule has 1 atom stereocenters. The summed E-state index contributed by atoms with van der Waals surface area (Å²) < 4.78 is 0. The number of aliphatic hydroxyl groups is 1. The number of amides is 2. The van der Waals surface area contributed by atoms with Crippen LogP contribution in [0.25, 0.3) is 0 Å². The number of hydrogen-bond donors (Lipinski definition) is 1. The Morgan fingerprint density at radius 2 is 1.76 bits per heavy atom. The van der Waals surface area contributed by atoms with E-state index in [1.165, 1.54) is 4.90 Å². The maximum Gasteiger partial charge on any atom is 0.327 e. The monoisotopic (exact) mass is 290 g/mol. The Morgan fingerprint density at radius 3 is 2.29 bits per heavy atom. The molecule has 4 heteroatoms. The molecular weight excluding hydrogens is 264 g/mol. The molecule has 0 radical (unpaired) electrons. The van der Waals surface area contributed by atoms with Gasteiger partial charge >= 0.3 is 6.03 Å². The first-order valence-electron chi connectivity index (χ1n) is 7.54. The minimum atomic E-state index is -1.19. The van der Waals surface area contributed by atoms with Crippen LogP contribution in [0.4, 0.5) is 10.5 Å². The second kappa shape index (κ2) is 5.34. The Morgan fingerprint density at radius 1 is 1.19 bits per heavy atom. The molecule has 0 bridgehead atoms. The van der Waals surface area contributed by atoms with Gasteiger partial charge in [-0.2, -0.15) is 0 Å². The number of rotatable bonds is 3. The van der Waals surface area contributed by atoms with Gasteiger partial charge in [-0.3, -0.25) is 4.90 Å². The van der Waals surface area contributed by atoms with E-state index in [-0.39, 0.29) is 11.6 Å². The summed E-state index contributed by atoms with van der Waals surface area (Å²) in [5.41, 5.74) is -0.817. The van der Waals surface area contributed by atoms with E-state index >= 15 is 0 Å². The number of para-hydroxylation sites is 1. The molecule has 4 nitrogen and oxygen atoms in total. The standard InChI is InChI=1S/C17H26N2O2/c1-13(2)11-18-15(20)19(14-9-7-6-8-10-14)17(5,21)12-16(18,3)4/h6-10,13,21H,11-12H2,1-5H3/t17-/m1/s1. The molecule has 1 saturated heterocycles. The molecule has 116 valence electrons. The van der Waals surface area contributed by atoms with Crippen LogP contribution in [0.2, 0.25) is 0 Å². The molecule has 1 heterocycles. The first kappa shape index (κ1) is 15.8. The van der Waals surface area contributed by atoms with E-state index in [0.717, 1.165) is 5.69 Å². The smallest absolute Gasteiger partial charge is 0.327 e. The van der Waals surface area contributed by atoms with E-state index in [1.54, 1.807) is 6.92 Å². The fourth-order valence-electron chi connectivity index (χ4n) is 3.24. The maximum absolute atomic E-state index is 13.0. The molecule has 0 saturated carbocycles. The average molecular weight is 290 g/mol. The minimum absolute atomic E-state index is 0.129. The van der Waals surface area contributed by atoms with Crippen LogP contribution in [-0.4, -0.2) is 33.8 Å². The summed E-state index contributed by atoms with van der Waals surface area (Å²) in [4.78, 5) is 16.4. The van der Waals surface area contributed by atoms with Gasteiger partial charge in [0, 0.05) is 24.2 Å². The van der Waals surface area contributed by atoms with E-state index in [4.69, 9.17) is 0 Å². The highest BCUT2D eigenvalue weighted by Gasteiger charge is 2.50. The first-order valence-corrected chi connectivity index (χ1v) is 7.54. The van der Waals surface area contributed by atoms with Gasteiger partial charge in [0.2, 0.25) is 0 Å². The second-order valence-electron chi connectivity index (χ2n) is 7.16. The van der Waals surface area contributed by atoms with Crippen molar-refractivity contribution in [2.24, 2.45) is 5.92 Å². The zero-order valence-corrected chi connectivity index (χ0v) is 13.6. The molecule has 0 aromatic heterocycles. The van der Waals surface area contributed by atoms with Crippen LogP contribution in [0.15, 0.2) is 30.3 Å². The normalized spacial score (nSPS) is 25.6. The third-order valence-electron chi connectivity index (χ3n) is 3.96. The Balaban J connectivity index is 2.42. The van der Waals surface area contributed by atoms with Crippen LogP contribution in [0.5, 0.6) is 0 Å². The number of urea groups is 1. The fourth-order valence-corrected chi connectivity index (χ4v) is 3.24. The molecule has 2 amide bonds. The molecule has 21 heavy (non-hydrogen) atoms. The molecular formula is C17H26N2O2. The Labute approximate surface area is 127 Å². The van der Waals surface area contributed by atoms with Crippen LogP contribution in [0.3, 0.4) is 0 Å². The summed E-state index contributed by atoms with van der Waals surface area (Å²) in [6, 6.07) is 9.26. The van der Waals surface area contributed by atoms with Crippen LogP contribution in [-0.2, 0) is 0 Å². The van der Waals surface area contributed by atoms with Crippen molar-refractivity contribution in [1.82, 2.24) is 4.90 Å². The molecule has 1 aliphatic rings. The van der Waals surface area contributed by atoms with Crippen LogP contribution in [0.1, 0.15) is 41.0 Å². The molecule has 2 rings (SSSR count). The van der Waals surface area contributed by atoms with Crippen molar-refractivity contribution in [3.05, 3.63) is 30.3 Å². The lowest BCUT2D eigenvalue weighted by atomic mass is 9.87. The van der Waals surface area contributed by atoms with Crippen molar-refractivity contribution >= 4 is 11.7 Å². The molecule has 0 unspecified atom stereocenters. The topological polar surface area (TPSA) is 43.8 Å². The van der Waals surface area contributed by atoms with Gasteiger partial charge in [0.15, 0.2) is 0 Å². The largest absolute Gasteiger partial charge is 0.371 e. The van der Waals surface area contributed by atoms with Crippen molar-refractivity contribution < 1.29 is 9.90 Å². The van der Waals surface area contributed by atoms with Gasteiger partial charge in [0.25, 0.3) is 0 Å². The van der Waals surface area contributed by atoms with E-state index < -0.39 is 5.72 Å². The first-order chi connectivity index (χ1) is 9.65. The van der Waals surface area contributed by atoms with Gasteiger partial charge in [-0.25, -0.2) is 4.79 Å². The van der Waals surface area contributed by atoms with Gasteiger partial charge in [-0.05, 0) is 38.8 Å². The molecule has 1 aliphatic heterocycles. The zero-order chi connectivity index (χ0) is 15.8. The van der Waals surface area contributed by atoms with Gasteiger partial charge < -0.3 is 10.0 Å². The van der Waals surface area contributed by atoms with Gasteiger partial charge in [-0.1, -0.05) is 32.0 Å². The van der Waals surface area contributed by atoms with E-state index in [1.807, 2.05) is 49.1 Å². The summed E-state index contributed by atoms with van der Waals surface area (Å²) in [5.74, 6) is 0.383. The quantitative estimate of drug-likeness (QED) is 0.926. The summed E-state index contributed by atoms with van der Waals surface area (Å²) in [6.45, 7) is 10.6. The van der Waals surface area contributed by atoms with Crippen LogP contribution in [0, 0.1) is 5.92 Å². The summed E-state index contributed by atoms with van der Waals surface area (Å²) in [6.07, 6.45) is 0.507. The van der Waals surface area contributed by atoms with Gasteiger partial charge in [-0.15, -0.1) is 0 Å². The highest BCUT2D eigenvalue weighted by Crippen LogP contribution is 2.38. The molecule has 1 fully saturated rings. The second-order valence-corrected chi connectivity index (χ2v) is 7.16. The average Bonchev–Trinajstić information content (AvgIpc) is 2.34. The highest BCUT2D eigenvalue weighted by atomic mass is 16.3. The zero-order valence-electron chi connectivity index (χ0n) is 13.6. The molecule has 1 N–H and O–H groups in total. The Bertz CT molecular complexity index is 509. The van der Waals surface area contributed by atoms with Crippen molar-refractivity contribution in [1.29, 1.82) is 0 Å². The number of anilines is 1. The van der Waals surface area contributed by atoms with Crippen LogP contribution < -0.4 is 4.90 Å². The minimum Gasteiger partial charge on any atom is -0.371 e. The number of carbonyl (C=O) groups is 1. The Hall–Kier alpha value is -1.55. The van der Waals surface area contributed by atoms with Crippen molar-refractivity contribution in [3.8, 4) is 0 Å². The predicted octanol–water partition coefficient (Wildman–Crippen LogP) is 3.46. The summed E-state index contributed by atoms with van der Waals surface area (Å²) in [5, 5.41) is 10.8. The molecule has 0 spiro atoms. The SMILES string of the molecule is CC(C)CN1C(=O)N(c2ccccc2)[C@](C)(O)CC1(C)C. The van der Waals surface area contributed by atoms with Crippen molar-refractivity contribution in [3.63, 3.8) is 0 Å². The van der Waals surface area contributed by atoms with E-state index in [2.05, 4.69) is 13.8 Å². The number of carbonyl (C=O) groups excluding carboxylic acids is 1. The molecule has 1 aromatic rings. The lowest BCUT2D eigenvalue weighted by molar-refractivity contribution is -0.0280. The number of nitrogens with zero attached hydrogens (tertiary/aromatic N) is 2. The summed E-state index contributed by atoms with van der Waals surface area (Å²) >= 11 is 0. The molecule has 1 aromatic carbocycles. The lowest BCUT2D eigenvalue weighted by Crippen LogP contribution is -2.68. The fraction of sp³-hybridized carbons (Fsp3) is 0.588. The maximum atomic E-state index is 13.0. The van der Waals surface area contributed by atoms with Gasteiger partial charge in [0.1, 0.15) is 5.72 Å².